The summed E-state index contributed by atoms with van der Waals surface area (Å²) in [6.07, 6.45) is 2.98. The van der Waals surface area contributed by atoms with Gasteiger partial charge in [-0.3, -0.25) is 4.90 Å². The van der Waals surface area contributed by atoms with Crippen molar-refractivity contribution in [2.45, 2.75) is 25.2 Å². The molecule has 0 radical (unpaired) electrons. The Bertz CT molecular complexity index is 846. The summed E-state index contributed by atoms with van der Waals surface area (Å²) in [6.45, 7) is 0.738. The Hall–Kier alpha value is -3.08. The maximum absolute atomic E-state index is 12.8. The van der Waals surface area contributed by atoms with Gasteiger partial charge in [-0.25, -0.2) is 9.59 Å². The van der Waals surface area contributed by atoms with Crippen LogP contribution in [0.3, 0.4) is 0 Å². The van der Waals surface area contributed by atoms with Crippen LogP contribution >= 0.6 is 0 Å². The Kier molecular flexibility index (Phi) is 4.44. The molecule has 2 aliphatic rings. The Morgan fingerprint density at radius 1 is 1.12 bits per heavy atom. The van der Waals surface area contributed by atoms with E-state index in [9.17, 15) is 9.59 Å². The molecule has 4 rings (SSSR count). The van der Waals surface area contributed by atoms with E-state index in [0.717, 1.165) is 17.5 Å². The van der Waals surface area contributed by atoms with Crippen molar-refractivity contribution in [2.24, 2.45) is 0 Å². The van der Waals surface area contributed by atoms with E-state index in [2.05, 4.69) is 6.07 Å². The lowest BCUT2D eigenvalue weighted by Crippen LogP contribution is -2.45. The minimum absolute atomic E-state index is 0.213. The molecule has 1 amide bonds. The molecule has 0 unspecified atom stereocenters. The van der Waals surface area contributed by atoms with Crippen molar-refractivity contribution in [3.05, 3.63) is 83.4 Å². The highest BCUT2D eigenvalue weighted by atomic mass is 16.6. The molecule has 5 heteroatoms. The first-order chi connectivity index (χ1) is 12.7. The number of cyclic esters (lactones) is 1. The van der Waals surface area contributed by atoms with Crippen molar-refractivity contribution >= 4 is 12.1 Å². The van der Waals surface area contributed by atoms with Crippen molar-refractivity contribution in [3.63, 3.8) is 0 Å². The van der Waals surface area contributed by atoms with Crippen molar-refractivity contribution in [2.75, 3.05) is 6.54 Å². The Labute approximate surface area is 151 Å². The molecular formula is C21H19NO4. The van der Waals surface area contributed by atoms with Gasteiger partial charge < -0.3 is 9.47 Å². The number of esters is 1. The lowest BCUT2D eigenvalue weighted by Gasteiger charge is -2.38. The highest BCUT2D eigenvalue weighted by Crippen LogP contribution is 2.36. The summed E-state index contributed by atoms with van der Waals surface area (Å²) in [7, 11) is 0. The number of rotatable bonds is 3. The van der Waals surface area contributed by atoms with E-state index in [1.807, 2.05) is 48.5 Å². The molecule has 0 saturated heterocycles. The molecule has 0 aliphatic carbocycles. The Morgan fingerprint density at radius 3 is 2.65 bits per heavy atom. The molecule has 2 atom stereocenters. The number of hydrogen-bond donors (Lipinski definition) is 0. The molecule has 0 saturated carbocycles. The van der Waals surface area contributed by atoms with E-state index >= 15 is 0 Å². The zero-order valence-electron chi connectivity index (χ0n) is 14.2. The van der Waals surface area contributed by atoms with Crippen LogP contribution in [0.25, 0.3) is 0 Å². The smallest absolute Gasteiger partial charge is 0.410 e. The number of ether oxygens (including phenoxy) is 2. The maximum atomic E-state index is 12.8. The average molecular weight is 349 g/mol. The van der Waals surface area contributed by atoms with E-state index in [0.29, 0.717) is 6.54 Å². The summed E-state index contributed by atoms with van der Waals surface area (Å²) in [5.74, 6) is -0.379. The predicted octanol–water partition coefficient (Wildman–Crippen LogP) is 3.40. The normalized spacial score (nSPS) is 21.2. The van der Waals surface area contributed by atoms with Gasteiger partial charge in [0.05, 0.1) is 0 Å². The summed E-state index contributed by atoms with van der Waals surface area (Å²) < 4.78 is 10.9. The van der Waals surface area contributed by atoms with Gasteiger partial charge in [0.1, 0.15) is 18.8 Å². The lowest BCUT2D eigenvalue weighted by atomic mass is 9.89. The first-order valence-corrected chi connectivity index (χ1v) is 8.66. The van der Waals surface area contributed by atoms with Crippen LogP contribution in [-0.4, -0.2) is 29.6 Å². The molecule has 26 heavy (non-hydrogen) atoms. The van der Waals surface area contributed by atoms with E-state index < -0.39 is 12.2 Å². The second-order valence-electron chi connectivity index (χ2n) is 6.39. The van der Waals surface area contributed by atoms with Gasteiger partial charge in [-0.15, -0.1) is 0 Å². The molecule has 2 heterocycles. The van der Waals surface area contributed by atoms with E-state index in [4.69, 9.17) is 9.47 Å². The summed E-state index contributed by atoms with van der Waals surface area (Å²) in [5, 5.41) is 0. The van der Waals surface area contributed by atoms with Gasteiger partial charge >= 0.3 is 12.1 Å². The van der Waals surface area contributed by atoms with Gasteiger partial charge in [0.25, 0.3) is 0 Å². The van der Waals surface area contributed by atoms with Crippen LogP contribution in [0.15, 0.2) is 66.7 Å². The van der Waals surface area contributed by atoms with Crippen LogP contribution in [0.4, 0.5) is 4.79 Å². The van der Waals surface area contributed by atoms with Crippen molar-refractivity contribution < 1.29 is 19.1 Å². The fraction of sp³-hybridized carbons (Fsp3) is 0.238. The second-order valence-corrected chi connectivity index (χ2v) is 6.39. The van der Waals surface area contributed by atoms with Crippen LogP contribution in [0, 0.1) is 0 Å². The minimum Gasteiger partial charge on any atom is -0.452 e. The highest BCUT2D eigenvalue weighted by Gasteiger charge is 2.39. The minimum atomic E-state index is -0.492. The number of carbonyl (C=O) groups is 2. The second kappa shape index (κ2) is 7.04. The fourth-order valence-corrected chi connectivity index (χ4v) is 3.52. The number of hydrogen-bond acceptors (Lipinski definition) is 4. The van der Waals surface area contributed by atoms with Crippen LogP contribution in [-0.2, 0) is 27.3 Å². The largest absolute Gasteiger partial charge is 0.452 e. The molecular weight excluding hydrogens is 330 g/mol. The first-order valence-electron chi connectivity index (χ1n) is 8.66. The van der Waals surface area contributed by atoms with E-state index in [1.165, 1.54) is 11.6 Å². The first kappa shape index (κ1) is 16.4. The summed E-state index contributed by atoms with van der Waals surface area (Å²) in [5.41, 5.74) is 3.10. The highest BCUT2D eigenvalue weighted by molar-refractivity contribution is 5.84. The number of carbonyl (C=O) groups excluding carboxylic acids is 2. The zero-order chi connectivity index (χ0) is 17.9. The monoisotopic (exact) mass is 349 g/mol. The van der Waals surface area contributed by atoms with Crippen molar-refractivity contribution in [3.8, 4) is 0 Å². The molecule has 2 aromatic rings. The fourth-order valence-electron chi connectivity index (χ4n) is 3.52. The van der Waals surface area contributed by atoms with Crippen molar-refractivity contribution in [1.29, 1.82) is 0 Å². The molecule has 0 fully saturated rings. The third-order valence-electron chi connectivity index (χ3n) is 4.76. The SMILES string of the molecule is O=C1C=C[C@H]([C@@H]2c3ccccc3CCN2C(=O)OCc2ccccc2)O1. The quantitative estimate of drug-likeness (QED) is 0.797. The maximum Gasteiger partial charge on any atom is 0.410 e. The van der Waals surface area contributed by atoms with Gasteiger partial charge in [0, 0.05) is 12.6 Å². The summed E-state index contributed by atoms with van der Waals surface area (Å²) >= 11 is 0. The Balaban J connectivity index is 1.56. The van der Waals surface area contributed by atoms with Gasteiger partial charge in [0.15, 0.2) is 0 Å². The van der Waals surface area contributed by atoms with Crippen LogP contribution < -0.4 is 0 Å². The van der Waals surface area contributed by atoms with Gasteiger partial charge in [-0.2, -0.15) is 0 Å². The summed E-state index contributed by atoms with van der Waals surface area (Å²) in [4.78, 5) is 26.0. The summed E-state index contributed by atoms with van der Waals surface area (Å²) in [6, 6.07) is 17.1. The zero-order valence-corrected chi connectivity index (χ0v) is 14.2. The molecule has 132 valence electrons. The number of benzene rings is 2. The van der Waals surface area contributed by atoms with Gasteiger partial charge in [0.2, 0.25) is 0 Å². The van der Waals surface area contributed by atoms with Crippen molar-refractivity contribution in [1.82, 2.24) is 4.90 Å². The van der Waals surface area contributed by atoms with Crippen LogP contribution in [0.1, 0.15) is 22.7 Å². The molecule has 5 nitrogen and oxygen atoms in total. The van der Waals surface area contributed by atoms with Crippen LogP contribution in [0.2, 0.25) is 0 Å². The number of amides is 1. The predicted molar refractivity (Wildman–Crippen MR) is 95.2 cm³/mol. The van der Waals surface area contributed by atoms with E-state index in [1.54, 1.807) is 11.0 Å². The third kappa shape index (κ3) is 3.20. The molecule has 0 N–H and O–H groups in total. The van der Waals surface area contributed by atoms with Crippen LogP contribution in [0.5, 0.6) is 0 Å². The molecule has 0 bridgehead atoms. The topological polar surface area (TPSA) is 55.8 Å². The van der Waals surface area contributed by atoms with Gasteiger partial charge in [-0.05, 0) is 29.2 Å². The Morgan fingerprint density at radius 2 is 1.88 bits per heavy atom. The number of fused-ring (bicyclic) bond motifs is 1. The van der Waals surface area contributed by atoms with Gasteiger partial charge in [-0.1, -0.05) is 54.6 Å². The standard InChI is InChI=1S/C21H19NO4/c23-19-11-10-18(26-19)20-17-9-5-4-8-16(17)12-13-22(20)21(24)25-14-15-6-2-1-3-7-15/h1-11,18,20H,12-14H2/t18-,20+/m1/s1. The molecule has 2 aromatic carbocycles. The molecule has 2 aliphatic heterocycles. The molecule has 0 spiro atoms. The third-order valence-corrected chi connectivity index (χ3v) is 4.76. The number of nitrogens with zero attached hydrogens (tertiary/aromatic N) is 1. The molecule has 0 aromatic heterocycles. The lowest BCUT2D eigenvalue weighted by molar-refractivity contribution is -0.141. The van der Waals surface area contributed by atoms with E-state index in [-0.39, 0.29) is 18.6 Å². The average Bonchev–Trinajstić information content (AvgIpc) is 3.12.